The summed E-state index contributed by atoms with van der Waals surface area (Å²) in [5.74, 6) is 0.0793. The van der Waals surface area contributed by atoms with Gasteiger partial charge in [0.25, 0.3) is 0 Å². The van der Waals surface area contributed by atoms with Gasteiger partial charge < -0.3 is 5.11 Å². The van der Waals surface area contributed by atoms with Gasteiger partial charge in [-0.15, -0.1) is 0 Å². The van der Waals surface area contributed by atoms with Crippen LogP contribution in [0, 0.1) is 0 Å². The first-order chi connectivity index (χ1) is 7.00. The molecule has 1 aromatic carbocycles. The standard InChI is InChI=1S/C12H14O3/c1-8(13)6-10-4-3-5-12(15)11(10)7-9(2)14/h3-5,15H,6-7H2,1-2H3. The van der Waals surface area contributed by atoms with Crippen LogP contribution in [0.4, 0.5) is 0 Å². The maximum Gasteiger partial charge on any atom is 0.134 e. The molecule has 0 saturated heterocycles. The van der Waals surface area contributed by atoms with Crippen LogP contribution in [0.3, 0.4) is 0 Å². The van der Waals surface area contributed by atoms with Crippen LogP contribution < -0.4 is 0 Å². The van der Waals surface area contributed by atoms with Crippen LogP contribution in [0.15, 0.2) is 18.2 Å². The van der Waals surface area contributed by atoms with E-state index >= 15 is 0 Å². The van der Waals surface area contributed by atoms with Crippen molar-refractivity contribution < 1.29 is 14.7 Å². The molecule has 15 heavy (non-hydrogen) atoms. The van der Waals surface area contributed by atoms with Gasteiger partial charge in [0.2, 0.25) is 0 Å². The Bertz CT molecular complexity index is 394. The molecule has 0 atom stereocenters. The van der Waals surface area contributed by atoms with E-state index in [9.17, 15) is 14.7 Å². The molecule has 0 aliphatic rings. The summed E-state index contributed by atoms with van der Waals surface area (Å²) < 4.78 is 0. The topological polar surface area (TPSA) is 54.4 Å². The lowest BCUT2D eigenvalue weighted by molar-refractivity contribution is -0.117. The molecular formula is C12H14O3. The number of hydrogen-bond acceptors (Lipinski definition) is 3. The van der Waals surface area contributed by atoms with Gasteiger partial charge in [0, 0.05) is 18.4 Å². The maximum absolute atomic E-state index is 11.0. The molecule has 1 aromatic rings. The van der Waals surface area contributed by atoms with Gasteiger partial charge in [-0.05, 0) is 25.5 Å². The van der Waals surface area contributed by atoms with Crippen LogP contribution in [0.2, 0.25) is 0 Å². The van der Waals surface area contributed by atoms with E-state index in [1.165, 1.54) is 19.9 Å². The fraction of sp³-hybridized carbons (Fsp3) is 0.333. The van der Waals surface area contributed by atoms with Crippen molar-refractivity contribution in [3.05, 3.63) is 29.3 Å². The first-order valence-electron chi connectivity index (χ1n) is 4.79. The van der Waals surface area contributed by atoms with E-state index in [2.05, 4.69) is 0 Å². The summed E-state index contributed by atoms with van der Waals surface area (Å²) in [7, 11) is 0. The SMILES string of the molecule is CC(=O)Cc1cccc(O)c1CC(C)=O. The summed E-state index contributed by atoms with van der Waals surface area (Å²) in [6.07, 6.45) is 0.437. The van der Waals surface area contributed by atoms with Crippen LogP contribution >= 0.6 is 0 Å². The summed E-state index contributed by atoms with van der Waals surface area (Å²) in [5, 5.41) is 9.59. The van der Waals surface area contributed by atoms with Gasteiger partial charge in [0.15, 0.2) is 0 Å². The fourth-order valence-electron chi connectivity index (χ4n) is 1.51. The van der Waals surface area contributed by atoms with Crippen molar-refractivity contribution in [2.75, 3.05) is 0 Å². The number of ketones is 2. The average Bonchev–Trinajstić information content (AvgIpc) is 2.09. The summed E-state index contributed by atoms with van der Waals surface area (Å²) >= 11 is 0. The lowest BCUT2D eigenvalue weighted by atomic mass is 9.98. The molecule has 0 saturated carbocycles. The normalized spacial score (nSPS) is 10.0. The number of aromatic hydroxyl groups is 1. The van der Waals surface area contributed by atoms with Crippen LogP contribution in [-0.2, 0) is 22.4 Å². The second kappa shape index (κ2) is 4.73. The molecular weight excluding hydrogens is 192 g/mol. The lowest BCUT2D eigenvalue weighted by Crippen LogP contribution is -2.05. The van der Waals surface area contributed by atoms with Crippen molar-refractivity contribution in [1.82, 2.24) is 0 Å². The minimum Gasteiger partial charge on any atom is -0.508 e. The van der Waals surface area contributed by atoms with Gasteiger partial charge in [0.1, 0.15) is 17.3 Å². The largest absolute Gasteiger partial charge is 0.508 e. The summed E-state index contributed by atoms with van der Waals surface area (Å²) in [5.41, 5.74) is 1.30. The Morgan fingerprint density at radius 2 is 1.73 bits per heavy atom. The predicted molar refractivity (Wildman–Crippen MR) is 56.9 cm³/mol. The first kappa shape index (κ1) is 11.4. The number of hydrogen-bond donors (Lipinski definition) is 1. The van der Waals surface area contributed by atoms with Crippen molar-refractivity contribution >= 4 is 11.6 Å². The molecule has 0 aromatic heterocycles. The quantitative estimate of drug-likeness (QED) is 0.815. The molecule has 0 amide bonds. The Kier molecular flexibility index (Phi) is 3.61. The zero-order valence-electron chi connectivity index (χ0n) is 8.91. The van der Waals surface area contributed by atoms with Crippen LogP contribution in [0.1, 0.15) is 25.0 Å². The lowest BCUT2D eigenvalue weighted by Gasteiger charge is -2.08. The fourth-order valence-corrected chi connectivity index (χ4v) is 1.51. The van der Waals surface area contributed by atoms with Gasteiger partial charge in [-0.3, -0.25) is 9.59 Å². The summed E-state index contributed by atoms with van der Waals surface area (Å²) in [6.45, 7) is 2.95. The average molecular weight is 206 g/mol. The summed E-state index contributed by atoms with van der Waals surface area (Å²) in [6, 6.07) is 4.97. The Balaban J connectivity index is 3.08. The third-order valence-electron chi connectivity index (χ3n) is 2.11. The molecule has 0 aliphatic heterocycles. The second-order valence-electron chi connectivity index (χ2n) is 3.67. The Labute approximate surface area is 88.7 Å². The first-order valence-corrected chi connectivity index (χ1v) is 4.79. The molecule has 0 fully saturated rings. The monoisotopic (exact) mass is 206 g/mol. The number of carbonyl (C=O) groups is 2. The Morgan fingerprint density at radius 1 is 1.13 bits per heavy atom. The van der Waals surface area contributed by atoms with Crippen LogP contribution in [0.5, 0.6) is 5.75 Å². The van der Waals surface area contributed by atoms with E-state index < -0.39 is 0 Å². The molecule has 0 radical (unpaired) electrons. The molecule has 0 bridgehead atoms. The van der Waals surface area contributed by atoms with Crippen molar-refractivity contribution in [2.45, 2.75) is 26.7 Å². The molecule has 0 unspecified atom stereocenters. The van der Waals surface area contributed by atoms with Crippen molar-refractivity contribution in [1.29, 1.82) is 0 Å². The van der Waals surface area contributed by atoms with Gasteiger partial charge in [0.05, 0.1) is 0 Å². The van der Waals surface area contributed by atoms with Crippen LogP contribution in [0.25, 0.3) is 0 Å². The second-order valence-corrected chi connectivity index (χ2v) is 3.67. The summed E-state index contributed by atoms with van der Waals surface area (Å²) in [4.78, 5) is 22.0. The van der Waals surface area contributed by atoms with E-state index in [1.807, 2.05) is 0 Å². The maximum atomic E-state index is 11.0. The van der Waals surface area contributed by atoms with Gasteiger partial charge in [-0.25, -0.2) is 0 Å². The number of carbonyl (C=O) groups excluding carboxylic acids is 2. The third kappa shape index (κ3) is 3.20. The highest BCUT2D eigenvalue weighted by Gasteiger charge is 2.10. The number of phenolic OH excluding ortho intramolecular Hbond substituents is 1. The van der Waals surface area contributed by atoms with E-state index in [-0.39, 0.29) is 30.2 Å². The van der Waals surface area contributed by atoms with E-state index in [4.69, 9.17) is 0 Å². The Hall–Kier alpha value is -1.64. The Morgan fingerprint density at radius 3 is 2.27 bits per heavy atom. The highest BCUT2D eigenvalue weighted by molar-refractivity contribution is 5.82. The number of rotatable bonds is 4. The minimum absolute atomic E-state index is 0.0189. The molecule has 3 heteroatoms. The molecule has 1 rings (SSSR count). The predicted octanol–water partition coefficient (Wildman–Crippen LogP) is 1.66. The highest BCUT2D eigenvalue weighted by atomic mass is 16.3. The molecule has 0 heterocycles. The molecule has 1 N–H and O–H groups in total. The van der Waals surface area contributed by atoms with Gasteiger partial charge in [-0.2, -0.15) is 0 Å². The highest BCUT2D eigenvalue weighted by Crippen LogP contribution is 2.22. The smallest absolute Gasteiger partial charge is 0.134 e. The minimum atomic E-state index is -0.0266. The van der Waals surface area contributed by atoms with E-state index in [0.717, 1.165) is 5.56 Å². The zero-order valence-corrected chi connectivity index (χ0v) is 8.91. The number of benzene rings is 1. The van der Waals surface area contributed by atoms with E-state index in [0.29, 0.717) is 5.56 Å². The molecule has 80 valence electrons. The third-order valence-corrected chi connectivity index (χ3v) is 2.11. The zero-order chi connectivity index (χ0) is 11.4. The van der Waals surface area contributed by atoms with Crippen LogP contribution in [-0.4, -0.2) is 16.7 Å². The van der Waals surface area contributed by atoms with E-state index in [1.54, 1.807) is 12.1 Å². The molecule has 3 nitrogen and oxygen atoms in total. The molecule has 0 aliphatic carbocycles. The number of phenols is 1. The van der Waals surface area contributed by atoms with Gasteiger partial charge >= 0.3 is 0 Å². The molecule has 0 spiro atoms. The van der Waals surface area contributed by atoms with Crippen molar-refractivity contribution in [2.24, 2.45) is 0 Å². The van der Waals surface area contributed by atoms with Crippen molar-refractivity contribution in [3.8, 4) is 5.75 Å². The van der Waals surface area contributed by atoms with Crippen molar-refractivity contribution in [3.63, 3.8) is 0 Å². The van der Waals surface area contributed by atoms with Gasteiger partial charge in [-0.1, -0.05) is 12.1 Å². The number of Topliss-reactive ketones (excluding diaryl/α,β-unsaturated/α-hetero) is 2.